The molecule has 1 amide bonds. The van der Waals surface area contributed by atoms with Crippen molar-refractivity contribution < 1.29 is 28.5 Å². The van der Waals surface area contributed by atoms with E-state index in [4.69, 9.17) is 25.8 Å². The number of morpholine rings is 1. The van der Waals surface area contributed by atoms with Gasteiger partial charge in [-0.05, 0) is 62.2 Å². The lowest BCUT2D eigenvalue weighted by Gasteiger charge is -2.26. The zero-order valence-corrected chi connectivity index (χ0v) is 26.6. The number of aliphatic hydroxyl groups is 1. The van der Waals surface area contributed by atoms with E-state index in [0.29, 0.717) is 57.3 Å². The van der Waals surface area contributed by atoms with E-state index in [1.165, 1.54) is 24.5 Å². The number of nitrogens with zero attached hydrogens (tertiary/aromatic N) is 3. The largest absolute Gasteiger partial charge is 0.491 e. The van der Waals surface area contributed by atoms with Crippen molar-refractivity contribution in [3.05, 3.63) is 89.5 Å². The molecule has 3 N–H and O–H groups in total. The van der Waals surface area contributed by atoms with Crippen LogP contribution in [0.2, 0.25) is 5.02 Å². The molecule has 0 radical (unpaired) electrons. The van der Waals surface area contributed by atoms with Gasteiger partial charge in [0.1, 0.15) is 36.1 Å². The molecule has 242 valence electrons. The van der Waals surface area contributed by atoms with Crippen LogP contribution in [0, 0.1) is 5.82 Å². The summed E-state index contributed by atoms with van der Waals surface area (Å²) in [6.45, 7) is 11.5. The van der Waals surface area contributed by atoms with Crippen molar-refractivity contribution >= 4 is 45.6 Å². The van der Waals surface area contributed by atoms with Gasteiger partial charge in [0.25, 0.3) is 0 Å². The minimum atomic E-state index is -1.31. The van der Waals surface area contributed by atoms with Gasteiger partial charge in [-0.3, -0.25) is 9.69 Å². The van der Waals surface area contributed by atoms with Crippen LogP contribution < -0.4 is 20.1 Å². The Bertz CT molecular complexity index is 1710. The molecule has 0 unspecified atom stereocenters. The first kappa shape index (κ1) is 33.1. The van der Waals surface area contributed by atoms with Gasteiger partial charge in [-0.2, -0.15) is 0 Å². The molecule has 0 bridgehead atoms. The van der Waals surface area contributed by atoms with Crippen molar-refractivity contribution in [1.29, 1.82) is 0 Å². The third-order valence-electron chi connectivity index (χ3n) is 7.43. The first-order valence-electron chi connectivity index (χ1n) is 15.0. The minimum Gasteiger partial charge on any atom is -0.491 e. The molecule has 12 heteroatoms. The van der Waals surface area contributed by atoms with Crippen LogP contribution in [0.3, 0.4) is 0 Å². The second-order valence-corrected chi connectivity index (χ2v) is 11.8. The summed E-state index contributed by atoms with van der Waals surface area (Å²) in [6.07, 6.45) is 3.39. The Hall–Kier alpha value is -4.29. The lowest BCUT2D eigenvalue weighted by molar-refractivity contribution is -0.111. The van der Waals surface area contributed by atoms with E-state index in [2.05, 4.69) is 32.1 Å². The van der Waals surface area contributed by atoms with E-state index in [9.17, 15) is 14.3 Å². The van der Waals surface area contributed by atoms with Gasteiger partial charge in [0, 0.05) is 42.3 Å². The lowest BCUT2D eigenvalue weighted by Crippen LogP contribution is -2.37. The Morgan fingerprint density at radius 2 is 1.93 bits per heavy atom. The Morgan fingerprint density at radius 1 is 1.13 bits per heavy atom. The van der Waals surface area contributed by atoms with Gasteiger partial charge in [-0.15, -0.1) is 0 Å². The Labute approximate surface area is 272 Å². The number of halogens is 2. The van der Waals surface area contributed by atoms with Gasteiger partial charge in [-0.25, -0.2) is 14.4 Å². The number of hydrogen-bond acceptors (Lipinski definition) is 9. The third kappa shape index (κ3) is 8.49. The standard InChI is InChI=1S/C34H37ClFN5O5/c1-4-32(42)39-29-16-24-27(19-31(29)45-12-6-9-41-10-13-44-14-11-41)37-21-38-33(24)40-28-18-26(35)30(17-25(28)34(2,3)43)46-20-22-7-5-8-23(36)15-22/h4-5,7-8,15-19,21,43H,1,6,9-14,20H2,2-3H3,(H,39,42)(H,37,38,40). The van der Waals surface area contributed by atoms with Crippen LogP contribution in [0.1, 0.15) is 31.4 Å². The number of anilines is 3. The van der Waals surface area contributed by atoms with Crippen LogP contribution in [0.15, 0.2) is 67.5 Å². The van der Waals surface area contributed by atoms with Crippen LogP contribution >= 0.6 is 11.6 Å². The Balaban J connectivity index is 1.41. The summed E-state index contributed by atoms with van der Waals surface area (Å²) in [4.78, 5) is 23.6. The van der Waals surface area contributed by atoms with E-state index in [0.717, 1.165) is 39.3 Å². The molecule has 0 saturated carbocycles. The molecule has 1 aliphatic heterocycles. The predicted molar refractivity (Wildman–Crippen MR) is 176 cm³/mol. The number of fused-ring (bicyclic) bond motifs is 1. The lowest BCUT2D eigenvalue weighted by atomic mass is 9.96. The molecular formula is C34H37ClFN5O5. The molecule has 4 aromatic rings. The summed E-state index contributed by atoms with van der Waals surface area (Å²) in [7, 11) is 0. The van der Waals surface area contributed by atoms with E-state index in [-0.39, 0.29) is 17.4 Å². The summed E-state index contributed by atoms with van der Waals surface area (Å²) in [5.41, 5.74) is 1.30. The highest BCUT2D eigenvalue weighted by Crippen LogP contribution is 2.40. The molecule has 1 aliphatic rings. The summed E-state index contributed by atoms with van der Waals surface area (Å²) < 4.78 is 31.1. The van der Waals surface area contributed by atoms with Crippen molar-refractivity contribution in [3.8, 4) is 11.5 Å². The monoisotopic (exact) mass is 649 g/mol. The summed E-state index contributed by atoms with van der Waals surface area (Å²) in [5, 5.41) is 18.1. The highest BCUT2D eigenvalue weighted by atomic mass is 35.5. The first-order valence-corrected chi connectivity index (χ1v) is 15.3. The van der Waals surface area contributed by atoms with Crippen molar-refractivity contribution in [2.75, 3.05) is 50.1 Å². The second kappa shape index (κ2) is 14.9. The highest BCUT2D eigenvalue weighted by Gasteiger charge is 2.24. The topological polar surface area (TPSA) is 118 Å². The highest BCUT2D eigenvalue weighted by molar-refractivity contribution is 6.32. The van der Waals surface area contributed by atoms with Gasteiger partial charge in [-0.1, -0.05) is 30.3 Å². The molecule has 1 fully saturated rings. The maximum atomic E-state index is 13.7. The van der Waals surface area contributed by atoms with E-state index < -0.39 is 11.5 Å². The molecule has 0 spiro atoms. The molecule has 0 atom stereocenters. The zero-order valence-electron chi connectivity index (χ0n) is 25.8. The normalized spacial score (nSPS) is 13.8. The number of rotatable bonds is 13. The SMILES string of the molecule is C=CC(=O)Nc1cc2c(Nc3cc(Cl)c(OCc4cccc(F)c4)cc3C(C)(C)O)ncnc2cc1OCCCN1CCOCC1. The van der Waals surface area contributed by atoms with E-state index in [1.54, 1.807) is 50.2 Å². The van der Waals surface area contributed by atoms with Crippen LogP contribution in [-0.2, 0) is 21.7 Å². The summed E-state index contributed by atoms with van der Waals surface area (Å²) >= 11 is 6.63. The average molecular weight is 650 g/mol. The van der Waals surface area contributed by atoms with E-state index >= 15 is 0 Å². The molecule has 1 saturated heterocycles. The van der Waals surface area contributed by atoms with E-state index in [1.807, 2.05) is 0 Å². The van der Waals surface area contributed by atoms with Crippen LogP contribution in [0.4, 0.5) is 21.6 Å². The molecule has 0 aliphatic carbocycles. The summed E-state index contributed by atoms with van der Waals surface area (Å²) in [5.74, 6) is 0.442. The number of carbonyl (C=O) groups excluding carboxylic acids is 1. The van der Waals surface area contributed by atoms with Crippen LogP contribution in [-0.4, -0.2) is 65.3 Å². The quantitative estimate of drug-likeness (QED) is 0.115. The molecule has 46 heavy (non-hydrogen) atoms. The number of aromatic nitrogens is 2. The smallest absolute Gasteiger partial charge is 0.247 e. The number of carbonyl (C=O) groups is 1. The molecule has 2 heterocycles. The van der Waals surface area contributed by atoms with Gasteiger partial charge in [0.15, 0.2) is 0 Å². The fourth-order valence-electron chi connectivity index (χ4n) is 5.07. The van der Waals surface area contributed by atoms with Crippen molar-refractivity contribution in [3.63, 3.8) is 0 Å². The number of hydrogen-bond donors (Lipinski definition) is 3. The fraction of sp³-hybridized carbons (Fsp3) is 0.324. The second-order valence-electron chi connectivity index (χ2n) is 11.4. The van der Waals surface area contributed by atoms with Crippen LogP contribution in [0.5, 0.6) is 11.5 Å². The maximum Gasteiger partial charge on any atom is 0.247 e. The van der Waals surface area contributed by atoms with Crippen molar-refractivity contribution in [2.24, 2.45) is 0 Å². The molecule has 5 rings (SSSR count). The van der Waals surface area contributed by atoms with Gasteiger partial charge in [0.05, 0.1) is 41.6 Å². The maximum absolute atomic E-state index is 13.7. The summed E-state index contributed by atoms with van der Waals surface area (Å²) in [6, 6.07) is 12.9. The number of nitrogens with one attached hydrogen (secondary N) is 2. The first-order chi connectivity index (χ1) is 22.1. The Morgan fingerprint density at radius 3 is 2.67 bits per heavy atom. The predicted octanol–water partition coefficient (Wildman–Crippen LogP) is 6.20. The average Bonchev–Trinajstić information content (AvgIpc) is 3.03. The van der Waals surface area contributed by atoms with Crippen molar-refractivity contribution in [1.82, 2.24) is 14.9 Å². The molecule has 10 nitrogen and oxygen atoms in total. The molecule has 1 aromatic heterocycles. The van der Waals surface area contributed by atoms with Crippen molar-refractivity contribution in [2.45, 2.75) is 32.5 Å². The number of benzene rings is 3. The Kier molecular flexibility index (Phi) is 10.7. The number of ether oxygens (including phenoxy) is 3. The molecule has 3 aromatic carbocycles. The number of amides is 1. The third-order valence-corrected chi connectivity index (χ3v) is 7.72. The van der Waals surface area contributed by atoms with Gasteiger partial charge in [0.2, 0.25) is 5.91 Å². The minimum absolute atomic E-state index is 0.0862. The van der Waals surface area contributed by atoms with Gasteiger partial charge < -0.3 is 30.0 Å². The van der Waals surface area contributed by atoms with Gasteiger partial charge >= 0.3 is 0 Å². The van der Waals surface area contributed by atoms with Crippen LogP contribution in [0.25, 0.3) is 10.9 Å². The molecular weight excluding hydrogens is 613 g/mol. The fourth-order valence-corrected chi connectivity index (χ4v) is 5.29. The zero-order chi connectivity index (χ0) is 32.7.